The van der Waals surface area contributed by atoms with Crippen LogP contribution in [-0.4, -0.2) is 28.8 Å². The van der Waals surface area contributed by atoms with E-state index in [9.17, 15) is 26.0 Å². The second-order valence-corrected chi connectivity index (χ2v) is 8.36. The maximum absolute atomic E-state index is 12.7. The third-order valence-corrected chi connectivity index (χ3v) is 6.09. The Morgan fingerprint density at radius 2 is 1.71 bits per heavy atom. The third kappa shape index (κ3) is 5.88. The molecule has 0 saturated heterocycles. The fourth-order valence-electron chi connectivity index (χ4n) is 3.12. The lowest BCUT2D eigenvalue weighted by Crippen LogP contribution is -2.25. The van der Waals surface area contributed by atoms with E-state index in [1.807, 2.05) is 0 Å². The first-order chi connectivity index (χ1) is 14.7. The van der Waals surface area contributed by atoms with E-state index >= 15 is 0 Å². The molecule has 0 radical (unpaired) electrons. The van der Waals surface area contributed by atoms with Gasteiger partial charge in [0.25, 0.3) is 0 Å². The van der Waals surface area contributed by atoms with Crippen LogP contribution in [0.5, 0.6) is 17.2 Å². The highest BCUT2D eigenvalue weighted by Gasteiger charge is 2.22. The molecule has 0 unspecified atom stereocenters. The monoisotopic (exact) mass is 461 g/mol. The first-order valence-corrected chi connectivity index (χ1v) is 10.6. The summed E-state index contributed by atoms with van der Waals surface area (Å²) in [4.78, 5) is 0.146. The second kappa shape index (κ2) is 9.56. The minimum Gasteiger partial charge on any atom is -0.493 e. The van der Waals surface area contributed by atoms with Crippen LogP contribution in [0.1, 0.15) is 23.1 Å². The molecule has 0 aromatic heterocycles. The van der Waals surface area contributed by atoms with Crippen molar-refractivity contribution in [2.45, 2.75) is 32.6 Å². The number of sulfonamides is 1. The van der Waals surface area contributed by atoms with Gasteiger partial charge in [-0.25, -0.2) is 13.1 Å². The van der Waals surface area contributed by atoms with Gasteiger partial charge < -0.3 is 14.2 Å². The summed E-state index contributed by atoms with van der Waals surface area (Å²) in [6, 6.07) is 8.44. The quantitative estimate of drug-likeness (QED) is 0.564. The van der Waals surface area contributed by atoms with E-state index in [0.29, 0.717) is 23.1 Å². The Morgan fingerprint density at radius 3 is 2.39 bits per heavy atom. The molecule has 0 spiro atoms. The number of fused-ring (bicyclic) bond motifs is 1. The van der Waals surface area contributed by atoms with Gasteiger partial charge in [-0.3, -0.25) is 0 Å². The fraction of sp³-hybridized carbons (Fsp3) is 0.300. The normalized spacial score (nSPS) is 13.7. The van der Waals surface area contributed by atoms with Crippen molar-refractivity contribution in [3.63, 3.8) is 0 Å². The Kier molecular flexibility index (Phi) is 7.06. The van der Waals surface area contributed by atoms with Crippen LogP contribution in [0.25, 0.3) is 6.08 Å². The minimum atomic E-state index is -3.83. The second-order valence-electron chi connectivity index (χ2n) is 6.54. The summed E-state index contributed by atoms with van der Waals surface area (Å²) in [5.41, 5.74) is 1.78. The zero-order valence-corrected chi connectivity index (χ0v) is 17.1. The molecule has 2 aromatic rings. The van der Waals surface area contributed by atoms with Gasteiger partial charge in [0.05, 0.1) is 12.0 Å². The molecule has 0 aliphatic heterocycles. The van der Waals surface area contributed by atoms with Crippen molar-refractivity contribution in [3.05, 3.63) is 58.0 Å². The number of hydrogen-bond acceptors (Lipinski definition) is 5. The van der Waals surface area contributed by atoms with Crippen molar-refractivity contribution in [1.29, 1.82) is 0 Å². The maximum Gasteiger partial charge on any atom is 0.387 e. The van der Waals surface area contributed by atoms with Crippen molar-refractivity contribution < 1.29 is 40.2 Å². The predicted molar refractivity (Wildman–Crippen MR) is 105 cm³/mol. The lowest BCUT2D eigenvalue weighted by atomic mass is 9.97. The van der Waals surface area contributed by atoms with Crippen molar-refractivity contribution >= 4 is 16.1 Å². The molecule has 0 fully saturated rings. The zero-order chi connectivity index (χ0) is 22.6. The van der Waals surface area contributed by atoms with Gasteiger partial charge >= 0.3 is 13.2 Å². The van der Waals surface area contributed by atoms with E-state index < -0.39 is 23.2 Å². The van der Waals surface area contributed by atoms with E-state index in [-0.39, 0.29) is 35.1 Å². The predicted octanol–water partition coefficient (Wildman–Crippen LogP) is 4.30. The molecular weight excluding hydrogens is 442 g/mol. The number of allylic oxidation sites excluding steroid dienone is 1. The van der Waals surface area contributed by atoms with Crippen LogP contribution in [0, 0.1) is 0 Å². The average Bonchev–Trinajstić information content (AvgIpc) is 2.71. The summed E-state index contributed by atoms with van der Waals surface area (Å²) in [6.07, 6.45) is 2.01. The number of benzene rings is 2. The molecule has 6 nitrogen and oxygen atoms in total. The lowest BCUT2D eigenvalue weighted by molar-refractivity contribution is -0.0514. The maximum atomic E-state index is 12.7. The van der Waals surface area contributed by atoms with Gasteiger partial charge in [-0.15, -0.1) is 0 Å². The zero-order valence-electron chi connectivity index (χ0n) is 16.3. The van der Waals surface area contributed by atoms with Gasteiger partial charge in [-0.2, -0.15) is 17.6 Å². The fourth-order valence-corrected chi connectivity index (χ4v) is 4.31. The Labute approximate surface area is 176 Å². The molecular formula is C20H19F4NO5S. The topological polar surface area (TPSA) is 73.9 Å². The van der Waals surface area contributed by atoms with Gasteiger partial charge in [-0.05, 0) is 59.9 Å². The molecule has 11 heteroatoms. The van der Waals surface area contributed by atoms with E-state index in [0.717, 1.165) is 0 Å². The molecule has 168 valence electrons. The molecule has 2 aromatic carbocycles. The Balaban J connectivity index is 1.72. The summed E-state index contributed by atoms with van der Waals surface area (Å²) in [6.45, 7) is -6.05. The third-order valence-electron chi connectivity index (χ3n) is 4.55. The highest BCUT2D eigenvalue weighted by Crippen LogP contribution is 2.31. The van der Waals surface area contributed by atoms with Crippen LogP contribution < -0.4 is 18.9 Å². The van der Waals surface area contributed by atoms with Crippen LogP contribution in [0.3, 0.4) is 0 Å². The van der Waals surface area contributed by atoms with Crippen molar-refractivity contribution in [2.24, 2.45) is 0 Å². The molecule has 0 atom stereocenters. The van der Waals surface area contributed by atoms with Crippen molar-refractivity contribution in [3.8, 4) is 17.2 Å². The highest BCUT2D eigenvalue weighted by molar-refractivity contribution is 7.93. The van der Waals surface area contributed by atoms with Gasteiger partial charge in [0.15, 0.2) is 11.5 Å². The van der Waals surface area contributed by atoms with Crippen LogP contribution >= 0.6 is 0 Å². The van der Waals surface area contributed by atoms with Crippen LogP contribution in [-0.2, 0) is 23.0 Å². The Morgan fingerprint density at radius 1 is 0.968 bits per heavy atom. The molecule has 1 aliphatic rings. The summed E-state index contributed by atoms with van der Waals surface area (Å²) >= 11 is 0. The number of halogens is 4. The molecule has 0 saturated carbocycles. The van der Waals surface area contributed by atoms with Crippen LogP contribution in [0.4, 0.5) is 17.6 Å². The SMILES string of the molecule is COc1cc(CNS(=O)(=O)C2=Cc3ccc(OC(F)F)cc3CC2)ccc1OC(F)F. The number of methoxy groups -OCH3 is 1. The summed E-state index contributed by atoms with van der Waals surface area (Å²) in [5.74, 6) is -0.102. The standard InChI is InChI=1S/C20H19F4NO5S/c1-28-18-8-12(2-7-17(18)30-20(23)24)11-25-31(26,27)16-6-4-13-9-15(29-19(21)22)5-3-14(13)10-16/h2-3,5,7-10,19-20,25H,4,6,11H2,1H3. The number of rotatable bonds is 9. The van der Waals surface area contributed by atoms with Gasteiger partial charge in [0.2, 0.25) is 10.0 Å². The Hall–Kier alpha value is -2.79. The number of aryl methyl sites for hydroxylation is 1. The average molecular weight is 461 g/mol. The number of alkyl halides is 4. The molecule has 1 aliphatic carbocycles. The first-order valence-electron chi connectivity index (χ1n) is 9.07. The van der Waals surface area contributed by atoms with Gasteiger partial charge in [-0.1, -0.05) is 12.1 Å². The van der Waals surface area contributed by atoms with E-state index in [1.54, 1.807) is 0 Å². The Bertz CT molecular complexity index is 1070. The molecule has 0 heterocycles. The highest BCUT2D eigenvalue weighted by atomic mass is 32.2. The minimum absolute atomic E-state index is 0.0137. The van der Waals surface area contributed by atoms with Crippen LogP contribution in [0.15, 0.2) is 41.3 Å². The largest absolute Gasteiger partial charge is 0.493 e. The van der Waals surface area contributed by atoms with Gasteiger partial charge in [0, 0.05) is 6.54 Å². The van der Waals surface area contributed by atoms with E-state index in [2.05, 4.69) is 14.2 Å². The van der Waals surface area contributed by atoms with E-state index in [1.165, 1.54) is 49.6 Å². The number of nitrogens with one attached hydrogen (secondary N) is 1. The lowest BCUT2D eigenvalue weighted by Gasteiger charge is -2.18. The number of hydrogen-bond donors (Lipinski definition) is 1. The summed E-state index contributed by atoms with van der Waals surface area (Å²) in [5, 5.41) is 0. The van der Waals surface area contributed by atoms with Crippen molar-refractivity contribution in [2.75, 3.05) is 7.11 Å². The molecule has 3 rings (SSSR count). The molecule has 0 amide bonds. The smallest absolute Gasteiger partial charge is 0.387 e. The summed E-state index contributed by atoms with van der Waals surface area (Å²) < 4.78 is 91.1. The van der Waals surface area contributed by atoms with Gasteiger partial charge in [0.1, 0.15) is 5.75 Å². The molecule has 1 N–H and O–H groups in total. The summed E-state index contributed by atoms with van der Waals surface area (Å²) in [7, 11) is -2.55. The molecule has 31 heavy (non-hydrogen) atoms. The number of ether oxygens (including phenoxy) is 3. The molecule has 0 bridgehead atoms. The van der Waals surface area contributed by atoms with Crippen molar-refractivity contribution in [1.82, 2.24) is 4.72 Å². The van der Waals surface area contributed by atoms with Crippen LogP contribution in [0.2, 0.25) is 0 Å². The first kappa shape index (κ1) is 22.9. The van der Waals surface area contributed by atoms with E-state index in [4.69, 9.17) is 4.74 Å².